The van der Waals surface area contributed by atoms with Gasteiger partial charge in [0.25, 0.3) is 5.88 Å². The van der Waals surface area contributed by atoms with E-state index in [-0.39, 0.29) is 11.4 Å². The van der Waals surface area contributed by atoms with Gasteiger partial charge in [0.1, 0.15) is 11.3 Å². The molecule has 0 fully saturated rings. The molecule has 2 aromatic carbocycles. The van der Waals surface area contributed by atoms with Crippen molar-refractivity contribution >= 4 is 11.0 Å². The molecule has 4 aromatic rings. The summed E-state index contributed by atoms with van der Waals surface area (Å²) >= 11 is 0. The average Bonchev–Trinajstić information content (AvgIpc) is 2.70. The van der Waals surface area contributed by atoms with Gasteiger partial charge in [-0.25, -0.2) is 9.78 Å². The maximum atomic E-state index is 12.6. The summed E-state index contributed by atoms with van der Waals surface area (Å²) in [6.45, 7) is 4.64. The van der Waals surface area contributed by atoms with E-state index in [2.05, 4.69) is 4.98 Å². The highest BCUT2D eigenvalue weighted by Crippen LogP contribution is 2.30. The van der Waals surface area contributed by atoms with Crippen LogP contribution in [0.1, 0.15) is 13.8 Å². The molecule has 0 amide bonds. The topological polar surface area (TPSA) is 74.3 Å². The van der Waals surface area contributed by atoms with Gasteiger partial charge in [0, 0.05) is 36.5 Å². The van der Waals surface area contributed by atoms with E-state index < -0.39 is 5.63 Å². The third kappa shape index (κ3) is 3.96. The minimum absolute atomic E-state index is 0.0194. The molecule has 0 aliphatic carbocycles. The summed E-state index contributed by atoms with van der Waals surface area (Å²) in [6, 6.07) is 16.2. The van der Waals surface area contributed by atoms with E-state index in [1.807, 2.05) is 50.2 Å². The molecule has 4 rings (SSSR count). The Kier molecular flexibility index (Phi) is 4.99. The largest absolute Gasteiger partial charge is 0.435 e. The summed E-state index contributed by atoms with van der Waals surface area (Å²) in [6.07, 6.45) is 3.18. The molecule has 6 nitrogen and oxygen atoms in total. The molecule has 0 radical (unpaired) electrons. The summed E-state index contributed by atoms with van der Waals surface area (Å²) in [5.41, 5.74) is 1.32. The van der Waals surface area contributed by atoms with Crippen molar-refractivity contribution in [3.05, 3.63) is 87.8 Å². The molecule has 29 heavy (non-hydrogen) atoms. The number of nitrogens with zero attached hydrogens (tertiary/aromatic N) is 2. The standard InChI is InChI=1S/C23H20N2O4/c1-15(2)14-25-11-10-24-22(23(25)27)28-17-8-9-18-19(16-6-4-3-5-7-16)13-21(26)29-20(18)12-17/h3-13,15H,14H2,1-2H3. The Morgan fingerprint density at radius 3 is 2.62 bits per heavy atom. The molecule has 0 saturated heterocycles. The second-order valence-electron chi connectivity index (χ2n) is 7.19. The zero-order valence-electron chi connectivity index (χ0n) is 16.2. The van der Waals surface area contributed by atoms with Gasteiger partial charge in [-0.15, -0.1) is 0 Å². The van der Waals surface area contributed by atoms with Gasteiger partial charge in [0.2, 0.25) is 0 Å². The molecular formula is C23H20N2O4. The Hall–Kier alpha value is -3.67. The maximum absolute atomic E-state index is 12.6. The van der Waals surface area contributed by atoms with Gasteiger partial charge in [0.05, 0.1) is 0 Å². The molecule has 0 N–H and O–H groups in total. The number of aromatic nitrogens is 2. The van der Waals surface area contributed by atoms with E-state index in [1.54, 1.807) is 22.9 Å². The van der Waals surface area contributed by atoms with Gasteiger partial charge in [-0.2, -0.15) is 0 Å². The smallest absolute Gasteiger partial charge is 0.336 e. The van der Waals surface area contributed by atoms with Crippen LogP contribution in [-0.4, -0.2) is 9.55 Å². The van der Waals surface area contributed by atoms with Crippen molar-refractivity contribution in [1.82, 2.24) is 9.55 Å². The highest BCUT2D eigenvalue weighted by Gasteiger charge is 2.12. The van der Waals surface area contributed by atoms with Crippen molar-refractivity contribution in [2.75, 3.05) is 0 Å². The van der Waals surface area contributed by atoms with E-state index in [0.29, 0.717) is 23.8 Å². The van der Waals surface area contributed by atoms with Crippen LogP contribution in [0.25, 0.3) is 22.1 Å². The van der Waals surface area contributed by atoms with Crippen LogP contribution in [0, 0.1) is 5.92 Å². The molecule has 2 heterocycles. The van der Waals surface area contributed by atoms with Gasteiger partial charge < -0.3 is 13.7 Å². The van der Waals surface area contributed by atoms with E-state index in [4.69, 9.17) is 9.15 Å². The molecular weight excluding hydrogens is 368 g/mol. The van der Waals surface area contributed by atoms with Crippen molar-refractivity contribution in [2.45, 2.75) is 20.4 Å². The SMILES string of the molecule is CC(C)Cn1ccnc(Oc2ccc3c(-c4ccccc4)cc(=O)oc3c2)c1=O. The highest BCUT2D eigenvalue weighted by molar-refractivity contribution is 5.93. The van der Waals surface area contributed by atoms with Crippen LogP contribution in [0.3, 0.4) is 0 Å². The minimum atomic E-state index is -0.453. The molecule has 0 spiro atoms. The van der Waals surface area contributed by atoms with Crippen LogP contribution < -0.4 is 15.9 Å². The summed E-state index contributed by atoms with van der Waals surface area (Å²) in [5.74, 6) is 0.668. The van der Waals surface area contributed by atoms with E-state index in [0.717, 1.165) is 16.5 Å². The van der Waals surface area contributed by atoms with Gasteiger partial charge in [-0.1, -0.05) is 44.2 Å². The Balaban J connectivity index is 1.74. The van der Waals surface area contributed by atoms with Crippen LogP contribution in [-0.2, 0) is 6.54 Å². The fourth-order valence-electron chi connectivity index (χ4n) is 3.21. The Labute approximate surface area is 167 Å². The third-order valence-corrected chi connectivity index (χ3v) is 4.46. The summed E-state index contributed by atoms with van der Waals surface area (Å²) < 4.78 is 12.7. The zero-order valence-corrected chi connectivity index (χ0v) is 16.2. The van der Waals surface area contributed by atoms with Gasteiger partial charge in [0.15, 0.2) is 0 Å². The van der Waals surface area contributed by atoms with Crippen molar-refractivity contribution in [2.24, 2.45) is 5.92 Å². The van der Waals surface area contributed by atoms with Gasteiger partial charge in [-0.3, -0.25) is 4.79 Å². The van der Waals surface area contributed by atoms with E-state index >= 15 is 0 Å². The Bertz CT molecular complexity index is 1270. The lowest BCUT2D eigenvalue weighted by atomic mass is 10.0. The summed E-state index contributed by atoms with van der Waals surface area (Å²) in [7, 11) is 0. The second kappa shape index (κ2) is 7.75. The average molecular weight is 388 g/mol. The number of benzene rings is 2. The predicted molar refractivity (Wildman–Crippen MR) is 111 cm³/mol. The summed E-state index contributed by atoms with van der Waals surface area (Å²) in [4.78, 5) is 28.7. The van der Waals surface area contributed by atoms with Crippen molar-refractivity contribution in [1.29, 1.82) is 0 Å². The summed E-state index contributed by atoms with van der Waals surface area (Å²) in [5, 5.41) is 0.779. The molecule has 0 saturated carbocycles. The molecule has 146 valence electrons. The molecule has 2 aromatic heterocycles. The van der Waals surface area contributed by atoms with Gasteiger partial charge >= 0.3 is 11.2 Å². The fraction of sp³-hybridized carbons (Fsp3) is 0.174. The Morgan fingerprint density at radius 1 is 1.07 bits per heavy atom. The molecule has 0 aliphatic heterocycles. The van der Waals surface area contributed by atoms with Crippen molar-refractivity contribution < 1.29 is 9.15 Å². The van der Waals surface area contributed by atoms with Crippen molar-refractivity contribution in [3.63, 3.8) is 0 Å². The lowest BCUT2D eigenvalue weighted by Gasteiger charge is -2.11. The van der Waals surface area contributed by atoms with E-state index in [1.165, 1.54) is 12.3 Å². The first-order chi connectivity index (χ1) is 14.0. The monoisotopic (exact) mass is 388 g/mol. The minimum Gasteiger partial charge on any atom is -0.435 e. The second-order valence-corrected chi connectivity index (χ2v) is 7.19. The van der Waals surface area contributed by atoms with Crippen LogP contribution in [0.15, 0.2) is 81.0 Å². The molecule has 0 aliphatic rings. The van der Waals surface area contributed by atoms with Crippen LogP contribution >= 0.6 is 0 Å². The first-order valence-electron chi connectivity index (χ1n) is 9.38. The van der Waals surface area contributed by atoms with Crippen LogP contribution in [0.5, 0.6) is 11.6 Å². The number of ether oxygens (including phenoxy) is 1. The first kappa shape index (κ1) is 18.7. The number of fused-ring (bicyclic) bond motifs is 1. The third-order valence-electron chi connectivity index (χ3n) is 4.46. The van der Waals surface area contributed by atoms with Crippen molar-refractivity contribution in [3.8, 4) is 22.8 Å². The Morgan fingerprint density at radius 2 is 1.86 bits per heavy atom. The number of hydrogen-bond acceptors (Lipinski definition) is 5. The zero-order chi connectivity index (χ0) is 20.4. The van der Waals surface area contributed by atoms with E-state index in [9.17, 15) is 9.59 Å². The van der Waals surface area contributed by atoms with Gasteiger partial charge in [-0.05, 0) is 29.2 Å². The predicted octanol–water partition coefficient (Wildman–Crippen LogP) is 4.47. The lowest BCUT2D eigenvalue weighted by Crippen LogP contribution is -2.23. The fourth-order valence-corrected chi connectivity index (χ4v) is 3.21. The molecule has 0 unspecified atom stereocenters. The molecule has 0 bridgehead atoms. The molecule has 6 heteroatoms. The van der Waals surface area contributed by atoms with Crippen LogP contribution in [0.2, 0.25) is 0 Å². The molecule has 0 atom stereocenters. The quantitative estimate of drug-likeness (QED) is 0.472. The van der Waals surface area contributed by atoms with Crippen LogP contribution in [0.4, 0.5) is 0 Å². The highest BCUT2D eigenvalue weighted by atomic mass is 16.5. The number of hydrogen-bond donors (Lipinski definition) is 0. The first-order valence-corrected chi connectivity index (χ1v) is 9.38. The number of rotatable bonds is 5. The normalized spacial score (nSPS) is 11.1. The lowest BCUT2D eigenvalue weighted by molar-refractivity contribution is 0.432. The maximum Gasteiger partial charge on any atom is 0.336 e.